The predicted molar refractivity (Wildman–Crippen MR) is 94.0 cm³/mol. The SMILES string of the molecule is CCN(c1cccc(C)c1C)S(=O)(=O)c1cc([N+](=O)[O-])ccc1C. The van der Waals surface area contributed by atoms with Crippen LogP contribution in [0.3, 0.4) is 0 Å². The molecule has 0 bridgehead atoms. The van der Waals surface area contributed by atoms with E-state index in [0.717, 1.165) is 17.2 Å². The third-order valence-electron chi connectivity index (χ3n) is 4.08. The number of sulfonamides is 1. The number of rotatable bonds is 5. The lowest BCUT2D eigenvalue weighted by Gasteiger charge is -2.26. The molecule has 0 aliphatic rings. The second-order valence-electron chi connectivity index (χ2n) is 5.60. The summed E-state index contributed by atoms with van der Waals surface area (Å²) in [5, 5.41) is 11.0. The Hall–Kier alpha value is -2.41. The molecule has 2 rings (SSSR count). The van der Waals surface area contributed by atoms with Gasteiger partial charge >= 0.3 is 0 Å². The minimum absolute atomic E-state index is 0.0422. The van der Waals surface area contributed by atoms with Gasteiger partial charge in [-0.05, 0) is 50.5 Å². The highest BCUT2D eigenvalue weighted by Crippen LogP contribution is 2.31. The third kappa shape index (κ3) is 3.12. The first-order chi connectivity index (χ1) is 11.2. The van der Waals surface area contributed by atoms with Crippen LogP contribution in [0.25, 0.3) is 0 Å². The van der Waals surface area contributed by atoms with Crippen molar-refractivity contribution in [3.63, 3.8) is 0 Å². The van der Waals surface area contributed by atoms with E-state index < -0.39 is 14.9 Å². The van der Waals surface area contributed by atoms with E-state index in [9.17, 15) is 18.5 Å². The first kappa shape index (κ1) is 17.9. The molecule has 0 spiro atoms. The molecule has 7 heteroatoms. The molecule has 0 N–H and O–H groups in total. The average Bonchev–Trinajstić information content (AvgIpc) is 2.52. The van der Waals surface area contributed by atoms with Crippen molar-refractivity contribution >= 4 is 21.4 Å². The standard InChI is InChI=1S/C17H20N2O4S/c1-5-18(16-8-6-7-12(2)14(16)4)24(22,23)17-11-15(19(20)21)10-9-13(17)3/h6-11H,5H2,1-4H3. The molecule has 0 radical (unpaired) electrons. The van der Waals surface area contributed by atoms with Crippen LogP contribution in [0.5, 0.6) is 0 Å². The molecule has 0 aliphatic carbocycles. The van der Waals surface area contributed by atoms with Crippen LogP contribution in [0.4, 0.5) is 11.4 Å². The average molecular weight is 348 g/mol. The normalized spacial score (nSPS) is 11.3. The van der Waals surface area contributed by atoms with Gasteiger partial charge in [0.1, 0.15) is 0 Å². The predicted octanol–water partition coefficient (Wildman–Crippen LogP) is 3.74. The molecule has 0 atom stereocenters. The number of nitro groups is 1. The number of anilines is 1. The minimum atomic E-state index is -3.90. The number of benzene rings is 2. The van der Waals surface area contributed by atoms with E-state index in [-0.39, 0.29) is 17.1 Å². The summed E-state index contributed by atoms with van der Waals surface area (Å²) in [6.45, 7) is 7.38. The van der Waals surface area contributed by atoms with Crippen molar-refractivity contribution in [2.45, 2.75) is 32.6 Å². The van der Waals surface area contributed by atoms with E-state index in [1.807, 2.05) is 19.9 Å². The highest BCUT2D eigenvalue weighted by atomic mass is 32.2. The molecule has 24 heavy (non-hydrogen) atoms. The number of hydrogen-bond donors (Lipinski definition) is 0. The maximum atomic E-state index is 13.1. The number of hydrogen-bond acceptors (Lipinski definition) is 4. The van der Waals surface area contributed by atoms with Gasteiger partial charge in [0.25, 0.3) is 15.7 Å². The minimum Gasteiger partial charge on any atom is -0.266 e. The van der Waals surface area contributed by atoms with Crippen LogP contribution in [0, 0.1) is 30.9 Å². The zero-order valence-corrected chi connectivity index (χ0v) is 14.9. The van der Waals surface area contributed by atoms with Crippen LogP contribution in [0.15, 0.2) is 41.3 Å². The molecule has 0 saturated carbocycles. The van der Waals surface area contributed by atoms with Crippen molar-refractivity contribution in [1.82, 2.24) is 0 Å². The lowest BCUT2D eigenvalue weighted by atomic mass is 10.1. The zero-order chi connectivity index (χ0) is 18.1. The van der Waals surface area contributed by atoms with E-state index in [1.165, 1.54) is 16.4 Å². The fraction of sp³-hybridized carbons (Fsp3) is 0.294. The van der Waals surface area contributed by atoms with E-state index in [2.05, 4.69) is 0 Å². The smallest absolute Gasteiger partial charge is 0.266 e. The Morgan fingerprint density at radius 2 is 1.75 bits per heavy atom. The monoisotopic (exact) mass is 348 g/mol. The number of aryl methyl sites for hydroxylation is 2. The zero-order valence-electron chi connectivity index (χ0n) is 14.1. The van der Waals surface area contributed by atoms with Crippen LogP contribution in [0.1, 0.15) is 23.6 Å². The summed E-state index contributed by atoms with van der Waals surface area (Å²) < 4.78 is 27.5. The van der Waals surface area contributed by atoms with Gasteiger partial charge in [0, 0.05) is 18.7 Å². The van der Waals surface area contributed by atoms with Crippen LogP contribution in [-0.4, -0.2) is 19.9 Å². The first-order valence-corrected chi connectivity index (χ1v) is 8.98. The second-order valence-corrected chi connectivity index (χ2v) is 7.43. The van der Waals surface area contributed by atoms with Gasteiger partial charge in [-0.15, -0.1) is 0 Å². The Bertz CT molecular complexity index is 891. The Balaban J connectivity index is 2.66. The van der Waals surface area contributed by atoms with Crippen LogP contribution < -0.4 is 4.31 Å². The summed E-state index contributed by atoms with van der Waals surface area (Å²) in [5.74, 6) is 0. The lowest BCUT2D eigenvalue weighted by Crippen LogP contribution is -2.32. The van der Waals surface area contributed by atoms with E-state index >= 15 is 0 Å². The molecule has 128 valence electrons. The van der Waals surface area contributed by atoms with Gasteiger partial charge in [-0.1, -0.05) is 18.2 Å². The molecule has 0 aliphatic heterocycles. The van der Waals surface area contributed by atoms with Crippen LogP contribution >= 0.6 is 0 Å². The lowest BCUT2D eigenvalue weighted by molar-refractivity contribution is -0.385. The first-order valence-electron chi connectivity index (χ1n) is 7.54. The summed E-state index contributed by atoms with van der Waals surface area (Å²) in [7, 11) is -3.90. The molecule has 0 amide bonds. The van der Waals surface area contributed by atoms with Crippen LogP contribution in [-0.2, 0) is 10.0 Å². The van der Waals surface area contributed by atoms with Crippen molar-refractivity contribution in [2.75, 3.05) is 10.8 Å². The van der Waals surface area contributed by atoms with Crippen molar-refractivity contribution in [2.24, 2.45) is 0 Å². The Kier molecular flexibility index (Phi) is 4.94. The number of non-ortho nitro benzene ring substituents is 1. The highest BCUT2D eigenvalue weighted by Gasteiger charge is 2.28. The van der Waals surface area contributed by atoms with Crippen molar-refractivity contribution in [1.29, 1.82) is 0 Å². The summed E-state index contributed by atoms with van der Waals surface area (Å²) in [6.07, 6.45) is 0. The molecule has 0 unspecified atom stereocenters. The maximum Gasteiger partial charge on any atom is 0.270 e. The summed E-state index contributed by atoms with van der Waals surface area (Å²) in [4.78, 5) is 10.4. The van der Waals surface area contributed by atoms with E-state index in [1.54, 1.807) is 26.0 Å². The molecular weight excluding hydrogens is 328 g/mol. The molecule has 2 aromatic rings. The fourth-order valence-electron chi connectivity index (χ4n) is 2.57. The summed E-state index contributed by atoms with van der Waals surface area (Å²) in [6, 6.07) is 9.35. The van der Waals surface area contributed by atoms with Gasteiger partial charge in [0.15, 0.2) is 0 Å². The highest BCUT2D eigenvalue weighted by molar-refractivity contribution is 7.92. The third-order valence-corrected chi connectivity index (χ3v) is 6.11. The topological polar surface area (TPSA) is 80.5 Å². The van der Waals surface area contributed by atoms with Gasteiger partial charge in [0.2, 0.25) is 0 Å². The summed E-state index contributed by atoms with van der Waals surface area (Å²) >= 11 is 0. The Labute approximate surface area is 141 Å². The van der Waals surface area contributed by atoms with Crippen molar-refractivity contribution in [3.05, 3.63) is 63.2 Å². The maximum absolute atomic E-state index is 13.1. The Morgan fingerprint density at radius 1 is 1.08 bits per heavy atom. The second kappa shape index (κ2) is 6.60. The van der Waals surface area contributed by atoms with Gasteiger partial charge < -0.3 is 0 Å². The van der Waals surface area contributed by atoms with Gasteiger partial charge in [-0.25, -0.2) is 8.42 Å². The molecule has 6 nitrogen and oxygen atoms in total. The summed E-state index contributed by atoms with van der Waals surface area (Å²) in [5.41, 5.74) is 2.67. The molecule has 2 aromatic carbocycles. The largest absolute Gasteiger partial charge is 0.270 e. The molecule has 0 fully saturated rings. The molecule has 0 aromatic heterocycles. The number of nitro benzene ring substituents is 1. The Morgan fingerprint density at radius 3 is 2.33 bits per heavy atom. The van der Waals surface area contributed by atoms with E-state index in [4.69, 9.17) is 0 Å². The van der Waals surface area contributed by atoms with Gasteiger partial charge in [-0.3, -0.25) is 14.4 Å². The molecule has 0 saturated heterocycles. The van der Waals surface area contributed by atoms with Gasteiger partial charge in [-0.2, -0.15) is 0 Å². The van der Waals surface area contributed by atoms with Crippen molar-refractivity contribution < 1.29 is 13.3 Å². The fourth-order valence-corrected chi connectivity index (χ4v) is 4.35. The van der Waals surface area contributed by atoms with E-state index in [0.29, 0.717) is 11.3 Å². The quantitative estimate of drug-likeness (QED) is 0.609. The van der Waals surface area contributed by atoms with Crippen molar-refractivity contribution in [3.8, 4) is 0 Å². The van der Waals surface area contributed by atoms with Crippen LogP contribution in [0.2, 0.25) is 0 Å². The molecule has 0 heterocycles. The number of nitrogens with zero attached hydrogens (tertiary/aromatic N) is 2. The molecular formula is C17H20N2O4S. The van der Waals surface area contributed by atoms with Gasteiger partial charge in [0.05, 0.1) is 15.5 Å².